The smallest absolute Gasteiger partial charge is 0.123 e. The zero-order valence-corrected chi connectivity index (χ0v) is 6.81. The number of hydrogen-bond donors (Lipinski definition) is 0. The van der Waals surface area contributed by atoms with Crippen LogP contribution in [0.3, 0.4) is 0 Å². The summed E-state index contributed by atoms with van der Waals surface area (Å²) in [7, 11) is 0. The second-order valence-corrected chi connectivity index (χ2v) is 2.44. The second kappa shape index (κ2) is 5.24. The molecule has 62 valence electrons. The van der Waals surface area contributed by atoms with Gasteiger partial charge in [-0.25, -0.2) is 0 Å². The van der Waals surface area contributed by atoms with E-state index in [1.165, 1.54) is 5.56 Å². The molecule has 0 unspecified atom stereocenters. The molecular weight excluding hydrogens is 150 g/mol. The SMILES string of the molecule is O=CC/C=C/Cc1cccnc1. The molecule has 0 amide bonds. The molecular formula is C10H11NO. The Morgan fingerprint density at radius 1 is 1.42 bits per heavy atom. The van der Waals surface area contributed by atoms with Crippen LogP contribution in [0, 0.1) is 0 Å². The van der Waals surface area contributed by atoms with Crippen molar-refractivity contribution >= 4 is 6.29 Å². The van der Waals surface area contributed by atoms with E-state index in [0.717, 1.165) is 12.7 Å². The molecule has 2 nitrogen and oxygen atoms in total. The number of nitrogens with zero attached hydrogens (tertiary/aromatic N) is 1. The molecule has 0 aromatic carbocycles. The molecule has 0 aliphatic heterocycles. The summed E-state index contributed by atoms with van der Waals surface area (Å²) >= 11 is 0. The molecule has 0 aliphatic rings. The van der Waals surface area contributed by atoms with Gasteiger partial charge in [-0.2, -0.15) is 0 Å². The summed E-state index contributed by atoms with van der Waals surface area (Å²) in [6.07, 6.45) is 9.65. The Morgan fingerprint density at radius 3 is 3.00 bits per heavy atom. The summed E-state index contributed by atoms with van der Waals surface area (Å²) in [5.74, 6) is 0. The fourth-order valence-corrected chi connectivity index (χ4v) is 0.890. The predicted molar refractivity (Wildman–Crippen MR) is 47.8 cm³/mol. The number of rotatable bonds is 4. The minimum Gasteiger partial charge on any atom is -0.303 e. The summed E-state index contributed by atoms with van der Waals surface area (Å²) < 4.78 is 0. The van der Waals surface area contributed by atoms with E-state index in [1.54, 1.807) is 6.20 Å². The molecule has 0 bridgehead atoms. The molecule has 12 heavy (non-hydrogen) atoms. The first-order valence-corrected chi connectivity index (χ1v) is 3.91. The van der Waals surface area contributed by atoms with Gasteiger partial charge in [-0.15, -0.1) is 0 Å². The zero-order valence-electron chi connectivity index (χ0n) is 6.81. The van der Waals surface area contributed by atoms with E-state index in [0.29, 0.717) is 6.42 Å². The molecule has 2 heteroatoms. The summed E-state index contributed by atoms with van der Waals surface area (Å²) in [5.41, 5.74) is 1.17. The maximum Gasteiger partial charge on any atom is 0.123 e. The van der Waals surface area contributed by atoms with E-state index in [-0.39, 0.29) is 0 Å². The fraction of sp³-hybridized carbons (Fsp3) is 0.200. The van der Waals surface area contributed by atoms with E-state index < -0.39 is 0 Å². The average molecular weight is 161 g/mol. The molecule has 0 saturated carbocycles. The van der Waals surface area contributed by atoms with Gasteiger partial charge in [-0.1, -0.05) is 18.2 Å². The van der Waals surface area contributed by atoms with Gasteiger partial charge < -0.3 is 4.79 Å². The minimum absolute atomic E-state index is 0.500. The van der Waals surface area contributed by atoms with Gasteiger partial charge in [-0.3, -0.25) is 4.98 Å². The van der Waals surface area contributed by atoms with E-state index in [9.17, 15) is 4.79 Å². The second-order valence-electron chi connectivity index (χ2n) is 2.44. The standard InChI is InChI=1S/C10H11NO/c12-8-3-1-2-5-10-6-4-7-11-9-10/h1-2,4,6-9H,3,5H2/b2-1+. The van der Waals surface area contributed by atoms with Crippen LogP contribution in [0.25, 0.3) is 0 Å². The Labute approximate surface area is 71.9 Å². The minimum atomic E-state index is 0.500. The first kappa shape index (κ1) is 8.65. The highest BCUT2D eigenvalue weighted by Gasteiger charge is 1.85. The molecule has 1 aromatic rings. The van der Waals surface area contributed by atoms with Crippen LogP contribution in [0.1, 0.15) is 12.0 Å². The number of aldehydes is 1. The topological polar surface area (TPSA) is 30.0 Å². The Hall–Kier alpha value is -1.44. The lowest BCUT2D eigenvalue weighted by Gasteiger charge is -1.91. The predicted octanol–water partition coefficient (Wildman–Crippen LogP) is 1.77. The van der Waals surface area contributed by atoms with Crippen molar-refractivity contribution in [1.82, 2.24) is 4.98 Å². The molecule has 1 heterocycles. The van der Waals surface area contributed by atoms with Crippen molar-refractivity contribution in [1.29, 1.82) is 0 Å². The molecule has 0 spiro atoms. The molecule has 0 radical (unpaired) electrons. The zero-order chi connectivity index (χ0) is 8.65. The van der Waals surface area contributed by atoms with Crippen molar-refractivity contribution in [2.45, 2.75) is 12.8 Å². The lowest BCUT2D eigenvalue weighted by molar-refractivity contribution is -0.107. The van der Waals surface area contributed by atoms with E-state index in [2.05, 4.69) is 4.98 Å². The fourth-order valence-electron chi connectivity index (χ4n) is 0.890. The monoisotopic (exact) mass is 161 g/mol. The van der Waals surface area contributed by atoms with Crippen molar-refractivity contribution < 1.29 is 4.79 Å². The summed E-state index contributed by atoms with van der Waals surface area (Å²) in [6, 6.07) is 3.92. The molecule has 0 atom stereocenters. The lowest BCUT2D eigenvalue weighted by Crippen LogP contribution is -1.81. The van der Waals surface area contributed by atoms with Gasteiger partial charge >= 0.3 is 0 Å². The molecule has 0 saturated heterocycles. The van der Waals surface area contributed by atoms with Crippen LogP contribution in [-0.2, 0) is 11.2 Å². The van der Waals surface area contributed by atoms with Crippen LogP contribution in [-0.4, -0.2) is 11.3 Å². The van der Waals surface area contributed by atoms with Crippen LogP contribution in [0.15, 0.2) is 36.7 Å². The van der Waals surface area contributed by atoms with Crippen LogP contribution < -0.4 is 0 Å². The maximum absolute atomic E-state index is 9.95. The Kier molecular flexibility index (Phi) is 3.78. The van der Waals surface area contributed by atoms with Crippen LogP contribution >= 0.6 is 0 Å². The first-order chi connectivity index (χ1) is 5.93. The summed E-state index contributed by atoms with van der Waals surface area (Å²) in [5, 5.41) is 0. The van der Waals surface area contributed by atoms with E-state index in [1.807, 2.05) is 30.5 Å². The van der Waals surface area contributed by atoms with Crippen LogP contribution in [0.5, 0.6) is 0 Å². The molecule has 0 fully saturated rings. The van der Waals surface area contributed by atoms with Crippen molar-refractivity contribution in [3.05, 3.63) is 42.2 Å². The number of pyridine rings is 1. The van der Waals surface area contributed by atoms with Crippen molar-refractivity contribution in [3.8, 4) is 0 Å². The summed E-state index contributed by atoms with van der Waals surface area (Å²) in [4.78, 5) is 13.9. The molecule has 1 aromatic heterocycles. The quantitative estimate of drug-likeness (QED) is 0.497. The highest BCUT2D eigenvalue weighted by Crippen LogP contribution is 1.97. The van der Waals surface area contributed by atoms with Gasteiger partial charge in [0.05, 0.1) is 0 Å². The van der Waals surface area contributed by atoms with Gasteiger partial charge in [0.25, 0.3) is 0 Å². The highest BCUT2D eigenvalue weighted by molar-refractivity contribution is 5.51. The third kappa shape index (κ3) is 3.10. The van der Waals surface area contributed by atoms with Crippen molar-refractivity contribution in [2.24, 2.45) is 0 Å². The Balaban J connectivity index is 2.38. The Morgan fingerprint density at radius 2 is 2.33 bits per heavy atom. The third-order valence-electron chi connectivity index (χ3n) is 1.48. The van der Waals surface area contributed by atoms with Gasteiger partial charge in [0.2, 0.25) is 0 Å². The highest BCUT2D eigenvalue weighted by atomic mass is 16.1. The number of carbonyl (C=O) groups is 1. The van der Waals surface area contributed by atoms with Gasteiger partial charge in [0.1, 0.15) is 6.29 Å². The average Bonchev–Trinajstić information content (AvgIpc) is 2.14. The van der Waals surface area contributed by atoms with E-state index >= 15 is 0 Å². The lowest BCUT2D eigenvalue weighted by atomic mass is 10.2. The van der Waals surface area contributed by atoms with Crippen molar-refractivity contribution in [3.63, 3.8) is 0 Å². The van der Waals surface area contributed by atoms with Crippen molar-refractivity contribution in [2.75, 3.05) is 0 Å². The molecule has 1 rings (SSSR count). The van der Waals surface area contributed by atoms with Gasteiger partial charge in [-0.05, 0) is 18.1 Å². The number of allylic oxidation sites excluding steroid dienone is 2. The molecule has 0 N–H and O–H groups in total. The number of carbonyl (C=O) groups excluding carboxylic acids is 1. The normalized spacial score (nSPS) is 10.3. The van der Waals surface area contributed by atoms with Gasteiger partial charge in [0, 0.05) is 18.8 Å². The number of hydrogen-bond acceptors (Lipinski definition) is 2. The molecule has 0 aliphatic carbocycles. The Bertz CT molecular complexity index is 254. The number of aromatic nitrogens is 1. The maximum atomic E-state index is 9.95. The van der Waals surface area contributed by atoms with Gasteiger partial charge in [0.15, 0.2) is 0 Å². The first-order valence-electron chi connectivity index (χ1n) is 3.91. The van der Waals surface area contributed by atoms with Crippen LogP contribution in [0.2, 0.25) is 0 Å². The van der Waals surface area contributed by atoms with Crippen LogP contribution in [0.4, 0.5) is 0 Å². The largest absolute Gasteiger partial charge is 0.303 e. The third-order valence-corrected chi connectivity index (χ3v) is 1.48. The van der Waals surface area contributed by atoms with E-state index in [4.69, 9.17) is 0 Å². The summed E-state index contributed by atoms with van der Waals surface area (Å²) in [6.45, 7) is 0.